The van der Waals surface area contributed by atoms with Crippen LogP contribution < -0.4 is 16.0 Å². The van der Waals surface area contributed by atoms with Crippen molar-refractivity contribution in [1.82, 2.24) is 19.4 Å². The third-order valence-electron chi connectivity index (χ3n) is 5.41. The maximum atomic E-state index is 12.8. The lowest BCUT2D eigenvalue weighted by molar-refractivity contribution is 0.0634. The number of nitrogens with one attached hydrogen (secondary N) is 3. The summed E-state index contributed by atoms with van der Waals surface area (Å²) in [5, 5.41) is 8.38. The van der Waals surface area contributed by atoms with Gasteiger partial charge in [-0.25, -0.2) is 9.78 Å². The Balaban J connectivity index is 1.64. The van der Waals surface area contributed by atoms with E-state index in [1.165, 1.54) is 10.8 Å². The predicted molar refractivity (Wildman–Crippen MR) is 159 cm³/mol. The van der Waals surface area contributed by atoms with Crippen molar-refractivity contribution in [2.75, 3.05) is 23.4 Å². The number of carbonyl (C=O) groups excluding carboxylic acids is 3. The molecule has 2 heterocycles. The molecule has 0 fully saturated rings. The largest absolute Gasteiger partial charge is 0.444 e. The summed E-state index contributed by atoms with van der Waals surface area (Å²) < 4.78 is 8.48. The van der Waals surface area contributed by atoms with Crippen LogP contribution in [0.1, 0.15) is 55.7 Å². The molecule has 0 aliphatic rings. The molecule has 210 valence electrons. The van der Waals surface area contributed by atoms with Crippen LogP contribution in [0.15, 0.2) is 42.7 Å². The summed E-state index contributed by atoms with van der Waals surface area (Å²) in [5.41, 5.74) is 2.29. The molecule has 3 N–H and O–H groups in total. The van der Waals surface area contributed by atoms with Crippen LogP contribution in [0.4, 0.5) is 16.3 Å². The summed E-state index contributed by atoms with van der Waals surface area (Å²) in [6.07, 6.45) is 4.81. The molecule has 0 saturated heterocycles. The minimum Gasteiger partial charge on any atom is -0.444 e. The molecule has 3 aromatic rings. The summed E-state index contributed by atoms with van der Waals surface area (Å²) in [7, 11) is 6.91. The van der Waals surface area contributed by atoms with Crippen LogP contribution in [0, 0.1) is 0 Å². The van der Waals surface area contributed by atoms with Crippen LogP contribution in [0.25, 0.3) is 11.1 Å². The van der Waals surface area contributed by atoms with Gasteiger partial charge in [0.1, 0.15) is 11.3 Å². The van der Waals surface area contributed by atoms with Gasteiger partial charge in [-0.1, -0.05) is 33.7 Å². The fraction of sp³-hybridized carbons (Fsp3) is 0.407. The van der Waals surface area contributed by atoms with E-state index in [0.29, 0.717) is 17.9 Å². The van der Waals surface area contributed by atoms with E-state index >= 15 is 0 Å². The SMILES string of the molecule is CSSC(C)(C)CNC(=O)c1cc(-c2ccc(NC(=O)c3nc(NC(=O)OC(C)(C)C)cn3C)cc2)cn1C. The molecule has 3 rings (SSSR count). The highest BCUT2D eigenvalue weighted by molar-refractivity contribution is 8.77. The van der Waals surface area contributed by atoms with E-state index in [4.69, 9.17) is 4.74 Å². The Kier molecular flexibility index (Phi) is 9.44. The number of amides is 3. The number of hydrogen-bond donors (Lipinski definition) is 3. The van der Waals surface area contributed by atoms with E-state index in [9.17, 15) is 14.4 Å². The van der Waals surface area contributed by atoms with Crippen LogP contribution in [-0.4, -0.2) is 55.2 Å². The third-order valence-corrected chi connectivity index (χ3v) is 8.02. The number of carbonyl (C=O) groups is 3. The molecule has 1 aromatic carbocycles. The van der Waals surface area contributed by atoms with Gasteiger partial charge >= 0.3 is 6.09 Å². The minimum absolute atomic E-state index is 0.0750. The Morgan fingerprint density at radius 2 is 1.59 bits per heavy atom. The average molecular weight is 573 g/mol. The van der Waals surface area contributed by atoms with E-state index in [1.54, 1.807) is 66.1 Å². The maximum absolute atomic E-state index is 12.8. The second kappa shape index (κ2) is 12.2. The zero-order chi connectivity index (χ0) is 29.0. The van der Waals surface area contributed by atoms with Crippen LogP contribution >= 0.6 is 21.6 Å². The van der Waals surface area contributed by atoms with Gasteiger partial charge in [-0.2, -0.15) is 0 Å². The molecule has 2 aromatic heterocycles. The van der Waals surface area contributed by atoms with Crippen molar-refractivity contribution in [2.45, 2.75) is 45.0 Å². The highest BCUT2D eigenvalue weighted by Crippen LogP contribution is 2.33. The third kappa shape index (κ3) is 8.56. The normalized spacial score (nSPS) is 11.7. The van der Waals surface area contributed by atoms with Crippen molar-refractivity contribution in [3.05, 3.63) is 54.2 Å². The molecule has 0 atom stereocenters. The van der Waals surface area contributed by atoms with Gasteiger partial charge in [-0.15, -0.1) is 0 Å². The van der Waals surface area contributed by atoms with Crippen molar-refractivity contribution in [3.8, 4) is 11.1 Å². The summed E-state index contributed by atoms with van der Waals surface area (Å²) in [6, 6.07) is 9.16. The lowest BCUT2D eigenvalue weighted by Gasteiger charge is -2.22. The maximum Gasteiger partial charge on any atom is 0.413 e. The second-order valence-corrected chi connectivity index (χ2v) is 13.7. The number of anilines is 2. The topological polar surface area (TPSA) is 119 Å². The number of benzene rings is 1. The smallest absolute Gasteiger partial charge is 0.413 e. The van der Waals surface area contributed by atoms with E-state index in [2.05, 4.69) is 34.8 Å². The van der Waals surface area contributed by atoms with Gasteiger partial charge in [-0.05, 0) is 64.6 Å². The molecule has 39 heavy (non-hydrogen) atoms. The van der Waals surface area contributed by atoms with Gasteiger partial charge in [-0.3, -0.25) is 14.9 Å². The van der Waals surface area contributed by atoms with Crippen molar-refractivity contribution in [1.29, 1.82) is 0 Å². The van der Waals surface area contributed by atoms with Gasteiger partial charge in [0.2, 0.25) is 5.82 Å². The first kappa shape index (κ1) is 30.2. The van der Waals surface area contributed by atoms with Gasteiger partial charge in [0.15, 0.2) is 5.82 Å². The van der Waals surface area contributed by atoms with Crippen LogP contribution in [0.5, 0.6) is 0 Å². The van der Waals surface area contributed by atoms with Crippen molar-refractivity contribution < 1.29 is 19.1 Å². The summed E-state index contributed by atoms with van der Waals surface area (Å²) >= 11 is 0. The molecule has 0 radical (unpaired) electrons. The molecule has 10 nitrogen and oxygen atoms in total. The van der Waals surface area contributed by atoms with Gasteiger partial charge in [0.05, 0.1) is 0 Å². The van der Waals surface area contributed by atoms with Gasteiger partial charge in [0.25, 0.3) is 11.8 Å². The first-order valence-electron chi connectivity index (χ1n) is 12.3. The highest BCUT2D eigenvalue weighted by atomic mass is 33.1. The molecule has 0 unspecified atom stereocenters. The summed E-state index contributed by atoms with van der Waals surface area (Å²) in [5.74, 6) is -0.215. The Hall–Kier alpha value is -3.38. The lowest BCUT2D eigenvalue weighted by atomic mass is 10.1. The minimum atomic E-state index is -0.650. The molecule has 0 saturated carbocycles. The first-order chi connectivity index (χ1) is 18.2. The molecule has 0 spiro atoms. The molecule has 0 aliphatic heterocycles. The fourth-order valence-corrected chi connectivity index (χ4v) is 5.78. The molecule has 0 aliphatic carbocycles. The number of ether oxygens (including phenoxy) is 1. The molecular weight excluding hydrogens is 536 g/mol. The molecule has 0 bridgehead atoms. The zero-order valence-electron chi connectivity index (χ0n) is 23.5. The number of hydrogen-bond acceptors (Lipinski definition) is 7. The number of aryl methyl sites for hydroxylation is 2. The number of nitrogens with zero attached hydrogens (tertiary/aromatic N) is 3. The Labute approximate surface area is 237 Å². The highest BCUT2D eigenvalue weighted by Gasteiger charge is 2.22. The average Bonchev–Trinajstić information content (AvgIpc) is 3.39. The van der Waals surface area contributed by atoms with E-state index < -0.39 is 17.6 Å². The lowest BCUT2D eigenvalue weighted by Crippen LogP contribution is -2.36. The predicted octanol–water partition coefficient (Wildman–Crippen LogP) is 5.54. The Morgan fingerprint density at radius 3 is 2.21 bits per heavy atom. The van der Waals surface area contributed by atoms with Crippen LogP contribution in [-0.2, 0) is 18.8 Å². The van der Waals surface area contributed by atoms with Gasteiger partial charge < -0.3 is 24.5 Å². The first-order valence-corrected chi connectivity index (χ1v) is 14.8. The summed E-state index contributed by atoms with van der Waals surface area (Å²) in [6.45, 7) is 10.0. The van der Waals surface area contributed by atoms with Crippen LogP contribution in [0.3, 0.4) is 0 Å². The molecular formula is C27H36N6O4S2. The second-order valence-electron chi connectivity index (χ2n) is 10.6. The van der Waals surface area contributed by atoms with E-state index in [0.717, 1.165) is 11.1 Å². The number of rotatable bonds is 9. The fourth-order valence-electron chi connectivity index (χ4n) is 3.67. The Morgan fingerprint density at radius 1 is 0.923 bits per heavy atom. The standard InChI is InChI=1S/C27H36N6O4S2/c1-26(2,3)37-25(36)31-21-15-33(7)22(30-21)24(35)29-19-11-9-17(10-12-19)18-13-20(32(6)14-18)23(34)28-16-27(4,5)39-38-8/h9-15H,16H2,1-8H3,(H,28,34)(H,29,35)(H,31,36). The molecule has 3 amide bonds. The molecule has 12 heteroatoms. The Bertz CT molecular complexity index is 1340. The van der Waals surface area contributed by atoms with Crippen molar-refractivity contribution in [2.24, 2.45) is 14.1 Å². The van der Waals surface area contributed by atoms with Crippen molar-refractivity contribution in [3.63, 3.8) is 0 Å². The monoisotopic (exact) mass is 572 g/mol. The van der Waals surface area contributed by atoms with E-state index in [-0.39, 0.29) is 22.3 Å². The number of imidazole rings is 1. The van der Waals surface area contributed by atoms with Crippen LogP contribution in [0.2, 0.25) is 0 Å². The summed E-state index contributed by atoms with van der Waals surface area (Å²) in [4.78, 5) is 41.8. The van der Waals surface area contributed by atoms with Crippen molar-refractivity contribution >= 4 is 51.0 Å². The zero-order valence-corrected chi connectivity index (χ0v) is 25.2. The quantitative estimate of drug-likeness (QED) is 0.288. The number of aromatic nitrogens is 3. The van der Waals surface area contributed by atoms with Gasteiger partial charge in [0, 0.05) is 49.0 Å². The van der Waals surface area contributed by atoms with E-state index in [1.807, 2.05) is 37.7 Å².